The van der Waals surface area contributed by atoms with Gasteiger partial charge in [0.1, 0.15) is 10.9 Å². The number of hydrogen-bond donors (Lipinski definition) is 1. The van der Waals surface area contributed by atoms with Gasteiger partial charge in [-0.1, -0.05) is 29.8 Å². The first kappa shape index (κ1) is 17.2. The molecule has 0 aliphatic carbocycles. The fourth-order valence-corrected chi connectivity index (χ4v) is 2.53. The average molecular weight is 335 g/mol. The van der Waals surface area contributed by atoms with Crippen LogP contribution >= 0.6 is 11.6 Å². The number of carbonyl (C=O) groups is 1. The number of halogens is 1. The molecular formula is C17H19ClN2O3. The van der Waals surface area contributed by atoms with Crippen molar-refractivity contribution in [2.75, 3.05) is 20.3 Å². The molecular weight excluding hydrogens is 316 g/mol. The molecule has 2 rings (SSSR count). The molecule has 0 aliphatic heterocycles. The van der Waals surface area contributed by atoms with Crippen LogP contribution in [0.5, 0.6) is 5.75 Å². The fourth-order valence-electron chi connectivity index (χ4n) is 2.34. The molecule has 0 bridgehead atoms. The van der Waals surface area contributed by atoms with E-state index in [1.165, 1.54) is 0 Å². The van der Waals surface area contributed by atoms with Crippen LogP contribution in [0.1, 0.15) is 21.6 Å². The second kappa shape index (κ2) is 7.94. The molecule has 0 saturated carbocycles. The quantitative estimate of drug-likeness (QED) is 0.825. The summed E-state index contributed by atoms with van der Waals surface area (Å²) in [6.45, 7) is 2.17. The van der Waals surface area contributed by atoms with E-state index in [0.717, 1.165) is 5.56 Å². The SMILES string of the molecule is COc1ccccc1CN(CCO)C(=O)c1ccc(Cl)nc1C. The third-order valence-corrected chi connectivity index (χ3v) is 3.70. The molecule has 122 valence electrons. The Morgan fingerprint density at radius 2 is 2.04 bits per heavy atom. The minimum atomic E-state index is -0.202. The van der Waals surface area contributed by atoms with Crippen molar-refractivity contribution in [3.63, 3.8) is 0 Å². The molecule has 0 radical (unpaired) electrons. The number of aromatic nitrogens is 1. The number of hydrogen-bond acceptors (Lipinski definition) is 4. The van der Waals surface area contributed by atoms with Gasteiger partial charge in [0, 0.05) is 18.7 Å². The van der Waals surface area contributed by atoms with E-state index in [-0.39, 0.29) is 19.1 Å². The van der Waals surface area contributed by atoms with Gasteiger partial charge < -0.3 is 14.7 Å². The summed E-state index contributed by atoms with van der Waals surface area (Å²) in [7, 11) is 1.59. The highest BCUT2D eigenvalue weighted by molar-refractivity contribution is 6.29. The number of rotatable bonds is 6. The highest BCUT2D eigenvalue weighted by Gasteiger charge is 2.19. The molecule has 6 heteroatoms. The number of aryl methyl sites for hydroxylation is 1. The maximum absolute atomic E-state index is 12.8. The Balaban J connectivity index is 2.28. The van der Waals surface area contributed by atoms with E-state index in [2.05, 4.69) is 4.98 Å². The summed E-state index contributed by atoms with van der Waals surface area (Å²) >= 11 is 5.84. The van der Waals surface area contributed by atoms with Crippen molar-refractivity contribution in [3.05, 3.63) is 58.4 Å². The molecule has 0 fully saturated rings. The van der Waals surface area contributed by atoms with Crippen LogP contribution < -0.4 is 4.74 Å². The van der Waals surface area contributed by atoms with Crippen LogP contribution in [0.3, 0.4) is 0 Å². The number of aliphatic hydroxyl groups is 1. The van der Waals surface area contributed by atoms with E-state index in [0.29, 0.717) is 28.7 Å². The Labute approximate surface area is 140 Å². The van der Waals surface area contributed by atoms with Gasteiger partial charge in [0.25, 0.3) is 5.91 Å². The van der Waals surface area contributed by atoms with E-state index < -0.39 is 0 Å². The molecule has 0 spiro atoms. The van der Waals surface area contributed by atoms with Gasteiger partial charge in [-0.2, -0.15) is 0 Å². The smallest absolute Gasteiger partial charge is 0.256 e. The maximum atomic E-state index is 12.8. The zero-order chi connectivity index (χ0) is 16.8. The van der Waals surface area contributed by atoms with Crippen molar-refractivity contribution in [3.8, 4) is 5.75 Å². The lowest BCUT2D eigenvalue weighted by Gasteiger charge is -2.23. The predicted octanol–water partition coefficient (Wildman–Crippen LogP) is 2.69. The molecule has 0 atom stereocenters. The monoisotopic (exact) mass is 334 g/mol. The van der Waals surface area contributed by atoms with Crippen molar-refractivity contribution in [2.45, 2.75) is 13.5 Å². The summed E-state index contributed by atoms with van der Waals surface area (Å²) in [6.07, 6.45) is 0. The molecule has 0 aliphatic rings. The fraction of sp³-hybridized carbons (Fsp3) is 0.294. The first-order chi connectivity index (χ1) is 11.1. The standard InChI is InChI=1S/C17H19ClN2O3/c1-12-14(7-8-16(18)19-12)17(22)20(9-10-21)11-13-5-3-4-6-15(13)23-2/h3-8,21H,9-11H2,1-2H3. The molecule has 1 amide bonds. The zero-order valence-electron chi connectivity index (χ0n) is 13.1. The van der Waals surface area contributed by atoms with Gasteiger partial charge in [0.2, 0.25) is 0 Å². The highest BCUT2D eigenvalue weighted by Crippen LogP contribution is 2.21. The first-order valence-corrected chi connectivity index (χ1v) is 7.59. The Kier molecular flexibility index (Phi) is 5.96. The molecule has 0 unspecified atom stereocenters. The lowest BCUT2D eigenvalue weighted by molar-refractivity contribution is 0.0705. The van der Waals surface area contributed by atoms with Crippen LogP contribution in [0.15, 0.2) is 36.4 Å². The van der Waals surface area contributed by atoms with Crippen LogP contribution in [0.25, 0.3) is 0 Å². The van der Waals surface area contributed by atoms with Gasteiger partial charge >= 0.3 is 0 Å². The first-order valence-electron chi connectivity index (χ1n) is 7.22. The molecule has 2 aromatic rings. The second-order valence-corrected chi connectivity index (χ2v) is 5.42. The van der Waals surface area contributed by atoms with E-state index in [1.807, 2.05) is 24.3 Å². The molecule has 1 heterocycles. The highest BCUT2D eigenvalue weighted by atomic mass is 35.5. The molecule has 1 aromatic carbocycles. The normalized spacial score (nSPS) is 10.4. The summed E-state index contributed by atoms with van der Waals surface area (Å²) in [5.41, 5.74) is 1.90. The van der Waals surface area contributed by atoms with Crippen LogP contribution in [0.4, 0.5) is 0 Å². The van der Waals surface area contributed by atoms with Gasteiger partial charge in [0.15, 0.2) is 0 Å². The summed E-state index contributed by atoms with van der Waals surface area (Å²) in [5, 5.41) is 9.63. The number of benzene rings is 1. The summed E-state index contributed by atoms with van der Waals surface area (Å²) in [6, 6.07) is 10.7. The third-order valence-electron chi connectivity index (χ3n) is 3.49. The minimum absolute atomic E-state index is 0.124. The number of ether oxygens (including phenoxy) is 1. The van der Waals surface area contributed by atoms with Crippen LogP contribution in [0.2, 0.25) is 5.15 Å². The van der Waals surface area contributed by atoms with Crippen molar-refractivity contribution in [1.29, 1.82) is 0 Å². The van der Waals surface area contributed by atoms with Crippen molar-refractivity contribution in [1.82, 2.24) is 9.88 Å². The molecule has 1 aromatic heterocycles. The number of methoxy groups -OCH3 is 1. The lowest BCUT2D eigenvalue weighted by Crippen LogP contribution is -2.33. The molecule has 0 saturated heterocycles. The molecule has 5 nitrogen and oxygen atoms in total. The summed E-state index contributed by atoms with van der Waals surface area (Å²) < 4.78 is 5.32. The van der Waals surface area contributed by atoms with Crippen molar-refractivity contribution < 1.29 is 14.6 Å². The number of pyridine rings is 1. The number of amides is 1. The van der Waals surface area contributed by atoms with Crippen LogP contribution in [-0.2, 0) is 6.54 Å². The topological polar surface area (TPSA) is 62.7 Å². The van der Waals surface area contributed by atoms with Gasteiger partial charge in [0.05, 0.1) is 25.0 Å². The molecule has 23 heavy (non-hydrogen) atoms. The summed E-state index contributed by atoms with van der Waals surface area (Å²) in [4.78, 5) is 18.4. The van der Waals surface area contributed by atoms with Gasteiger partial charge in [-0.05, 0) is 25.1 Å². The minimum Gasteiger partial charge on any atom is -0.496 e. The van der Waals surface area contributed by atoms with Gasteiger partial charge in [-0.3, -0.25) is 4.79 Å². The van der Waals surface area contributed by atoms with E-state index in [4.69, 9.17) is 16.3 Å². The van der Waals surface area contributed by atoms with Crippen LogP contribution in [-0.4, -0.2) is 41.2 Å². The van der Waals surface area contributed by atoms with E-state index in [1.54, 1.807) is 31.1 Å². The largest absolute Gasteiger partial charge is 0.496 e. The van der Waals surface area contributed by atoms with Gasteiger partial charge in [-0.15, -0.1) is 0 Å². The third kappa shape index (κ3) is 4.21. The molecule has 1 N–H and O–H groups in total. The number of aliphatic hydroxyl groups excluding tert-OH is 1. The summed E-state index contributed by atoms with van der Waals surface area (Å²) in [5.74, 6) is 0.501. The van der Waals surface area contributed by atoms with Gasteiger partial charge in [-0.25, -0.2) is 4.98 Å². The predicted molar refractivity (Wildman–Crippen MR) is 88.8 cm³/mol. The Morgan fingerprint density at radius 3 is 2.70 bits per heavy atom. The Bertz CT molecular complexity index is 691. The lowest BCUT2D eigenvalue weighted by atomic mass is 10.1. The van der Waals surface area contributed by atoms with E-state index in [9.17, 15) is 9.90 Å². The zero-order valence-corrected chi connectivity index (χ0v) is 13.9. The number of nitrogens with zero attached hydrogens (tertiary/aromatic N) is 2. The van der Waals surface area contributed by atoms with E-state index >= 15 is 0 Å². The van der Waals surface area contributed by atoms with Crippen LogP contribution in [0, 0.1) is 6.92 Å². The number of para-hydroxylation sites is 1. The number of carbonyl (C=O) groups excluding carboxylic acids is 1. The van der Waals surface area contributed by atoms with Crippen molar-refractivity contribution in [2.24, 2.45) is 0 Å². The second-order valence-electron chi connectivity index (χ2n) is 5.03. The maximum Gasteiger partial charge on any atom is 0.256 e. The van der Waals surface area contributed by atoms with Crippen molar-refractivity contribution >= 4 is 17.5 Å². The Morgan fingerprint density at radius 1 is 1.30 bits per heavy atom. The Hall–Kier alpha value is -2.11. The average Bonchev–Trinajstić information content (AvgIpc) is 2.54.